The van der Waals surface area contributed by atoms with E-state index in [0.29, 0.717) is 17.2 Å². The number of thiazole rings is 1. The molecule has 0 atom stereocenters. The lowest BCUT2D eigenvalue weighted by Gasteiger charge is -2.03. The first-order valence-electron chi connectivity index (χ1n) is 8.51. The van der Waals surface area contributed by atoms with Crippen molar-refractivity contribution < 1.29 is 22.7 Å². The molecule has 0 spiro atoms. The average Bonchev–Trinajstić information content (AvgIpc) is 2.96. The van der Waals surface area contributed by atoms with Crippen LogP contribution in [0.2, 0.25) is 0 Å². The van der Waals surface area contributed by atoms with Crippen molar-refractivity contribution in [1.82, 2.24) is 4.57 Å². The predicted octanol–water partition coefficient (Wildman–Crippen LogP) is 2.55. The van der Waals surface area contributed by atoms with Gasteiger partial charge >= 0.3 is 0 Å². The van der Waals surface area contributed by atoms with Gasteiger partial charge in [0.1, 0.15) is 17.3 Å². The number of amides is 1. The minimum absolute atomic E-state index is 0.0546. The maximum atomic E-state index is 12.5. The summed E-state index contributed by atoms with van der Waals surface area (Å²) in [5.41, 5.74) is 0.887. The van der Waals surface area contributed by atoms with E-state index in [9.17, 15) is 13.2 Å². The van der Waals surface area contributed by atoms with Crippen LogP contribution in [0.1, 0.15) is 6.92 Å². The molecule has 3 rings (SSSR count). The zero-order valence-electron chi connectivity index (χ0n) is 15.7. The fourth-order valence-corrected chi connectivity index (χ4v) is 4.82. The number of aromatic nitrogens is 1. The van der Waals surface area contributed by atoms with Gasteiger partial charge in [-0.25, -0.2) is 8.42 Å². The maximum absolute atomic E-state index is 12.5. The molecule has 0 radical (unpaired) electrons. The van der Waals surface area contributed by atoms with Crippen LogP contribution < -0.4 is 14.3 Å². The smallest absolute Gasteiger partial charge is 0.263 e. The quantitative estimate of drug-likeness (QED) is 0.612. The monoisotopic (exact) mass is 420 g/mol. The first-order chi connectivity index (χ1) is 13.3. The van der Waals surface area contributed by atoms with Crippen LogP contribution in [-0.4, -0.2) is 38.4 Å². The summed E-state index contributed by atoms with van der Waals surface area (Å²) in [5, 5.41) is 0. The molecular formula is C19H20N2O5S2. The molecule has 0 aliphatic rings. The zero-order valence-corrected chi connectivity index (χ0v) is 17.3. The predicted molar refractivity (Wildman–Crippen MR) is 108 cm³/mol. The van der Waals surface area contributed by atoms with Gasteiger partial charge < -0.3 is 14.0 Å². The SMILES string of the molecule is CCOc1ccc2c(c1)sc(=NC(=O)CS(=O)(=O)c1ccc(OC)cc1)n2C. The van der Waals surface area contributed by atoms with Gasteiger partial charge in [0, 0.05) is 7.05 Å². The second-order valence-corrected chi connectivity index (χ2v) is 8.95. The molecule has 0 bridgehead atoms. The normalized spacial score (nSPS) is 12.3. The summed E-state index contributed by atoms with van der Waals surface area (Å²) in [6.45, 7) is 2.46. The van der Waals surface area contributed by atoms with E-state index in [0.717, 1.165) is 16.0 Å². The van der Waals surface area contributed by atoms with Crippen LogP contribution in [-0.2, 0) is 21.7 Å². The van der Waals surface area contributed by atoms with Crippen LogP contribution in [0, 0.1) is 0 Å². The summed E-state index contributed by atoms with van der Waals surface area (Å²) in [7, 11) is -0.510. The van der Waals surface area contributed by atoms with Crippen molar-refractivity contribution in [3.63, 3.8) is 0 Å². The minimum Gasteiger partial charge on any atom is -0.497 e. The molecule has 0 N–H and O–H groups in total. The third kappa shape index (κ3) is 4.26. The second-order valence-electron chi connectivity index (χ2n) is 5.95. The standard InChI is InChI=1S/C19H20N2O5S2/c1-4-26-14-7-10-16-17(11-14)27-19(21(16)2)20-18(22)12-28(23,24)15-8-5-13(25-3)6-9-15/h5-11H,4,12H2,1-3H3. The molecule has 1 heterocycles. The number of hydrogen-bond acceptors (Lipinski definition) is 6. The molecule has 0 saturated heterocycles. The Labute approximate surface area is 166 Å². The lowest BCUT2D eigenvalue weighted by atomic mass is 10.3. The third-order valence-electron chi connectivity index (χ3n) is 4.04. The maximum Gasteiger partial charge on any atom is 0.263 e. The number of rotatable bonds is 6. The highest BCUT2D eigenvalue weighted by molar-refractivity contribution is 7.92. The Morgan fingerprint density at radius 1 is 1.14 bits per heavy atom. The molecule has 0 saturated carbocycles. The Hall–Kier alpha value is -2.65. The Kier molecular flexibility index (Phi) is 5.85. The van der Waals surface area contributed by atoms with Gasteiger partial charge in [0.25, 0.3) is 5.91 Å². The van der Waals surface area contributed by atoms with Crippen molar-refractivity contribution in [3.05, 3.63) is 47.3 Å². The summed E-state index contributed by atoms with van der Waals surface area (Å²) >= 11 is 1.30. The number of hydrogen-bond donors (Lipinski definition) is 0. The molecule has 3 aromatic rings. The molecule has 2 aromatic carbocycles. The number of aryl methyl sites for hydroxylation is 1. The van der Waals surface area contributed by atoms with E-state index in [4.69, 9.17) is 9.47 Å². The number of carbonyl (C=O) groups is 1. The van der Waals surface area contributed by atoms with E-state index in [1.165, 1.54) is 42.7 Å². The first-order valence-corrected chi connectivity index (χ1v) is 11.0. The second kappa shape index (κ2) is 8.15. The van der Waals surface area contributed by atoms with E-state index < -0.39 is 21.5 Å². The van der Waals surface area contributed by atoms with E-state index in [-0.39, 0.29) is 4.90 Å². The summed E-state index contributed by atoms with van der Waals surface area (Å²) in [6.07, 6.45) is 0. The number of ether oxygens (including phenoxy) is 2. The van der Waals surface area contributed by atoms with Gasteiger partial charge in [-0.2, -0.15) is 4.99 Å². The minimum atomic E-state index is -3.79. The summed E-state index contributed by atoms with van der Waals surface area (Å²) < 4.78 is 38.1. The van der Waals surface area contributed by atoms with Crippen LogP contribution in [0.3, 0.4) is 0 Å². The first kappa shape index (κ1) is 20.1. The van der Waals surface area contributed by atoms with Gasteiger partial charge in [-0.1, -0.05) is 11.3 Å². The number of carbonyl (C=O) groups excluding carboxylic acids is 1. The zero-order chi connectivity index (χ0) is 20.3. The lowest BCUT2D eigenvalue weighted by Crippen LogP contribution is -2.19. The molecule has 148 valence electrons. The Bertz CT molecular complexity index is 1180. The number of methoxy groups -OCH3 is 1. The average molecular weight is 421 g/mol. The van der Waals surface area contributed by atoms with Gasteiger partial charge in [-0.15, -0.1) is 0 Å². The van der Waals surface area contributed by atoms with Gasteiger partial charge in [0.15, 0.2) is 14.6 Å². The number of benzene rings is 2. The summed E-state index contributed by atoms with van der Waals surface area (Å²) in [4.78, 5) is 16.8. The van der Waals surface area contributed by atoms with Crippen LogP contribution in [0.5, 0.6) is 11.5 Å². The molecular weight excluding hydrogens is 400 g/mol. The molecule has 1 aromatic heterocycles. The number of sulfone groups is 1. The van der Waals surface area contributed by atoms with Crippen molar-refractivity contribution in [2.75, 3.05) is 19.5 Å². The van der Waals surface area contributed by atoms with Crippen LogP contribution in [0.25, 0.3) is 10.2 Å². The Morgan fingerprint density at radius 2 is 1.82 bits per heavy atom. The highest BCUT2D eigenvalue weighted by atomic mass is 32.2. The van der Waals surface area contributed by atoms with Gasteiger partial charge in [0.05, 0.1) is 28.8 Å². The summed E-state index contributed by atoms with van der Waals surface area (Å²) in [6, 6.07) is 11.5. The molecule has 28 heavy (non-hydrogen) atoms. The largest absolute Gasteiger partial charge is 0.497 e. The molecule has 0 fully saturated rings. The van der Waals surface area contributed by atoms with Crippen molar-refractivity contribution in [2.45, 2.75) is 11.8 Å². The van der Waals surface area contributed by atoms with E-state index >= 15 is 0 Å². The lowest BCUT2D eigenvalue weighted by molar-refractivity contribution is -0.115. The highest BCUT2D eigenvalue weighted by Crippen LogP contribution is 2.23. The van der Waals surface area contributed by atoms with Crippen molar-refractivity contribution in [1.29, 1.82) is 0 Å². The van der Waals surface area contributed by atoms with Crippen molar-refractivity contribution in [2.24, 2.45) is 12.0 Å². The van der Waals surface area contributed by atoms with Crippen LogP contribution >= 0.6 is 11.3 Å². The molecule has 9 heteroatoms. The van der Waals surface area contributed by atoms with E-state index in [1.807, 2.05) is 25.1 Å². The Balaban J connectivity index is 1.88. The third-order valence-corrected chi connectivity index (χ3v) is 6.76. The topological polar surface area (TPSA) is 87.0 Å². The van der Waals surface area contributed by atoms with Gasteiger partial charge in [0.2, 0.25) is 0 Å². The van der Waals surface area contributed by atoms with Crippen molar-refractivity contribution >= 4 is 37.3 Å². The van der Waals surface area contributed by atoms with Gasteiger partial charge in [-0.3, -0.25) is 4.79 Å². The van der Waals surface area contributed by atoms with Crippen LogP contribution in [0.15, 0.2) is 52.4 Å². The van der Waals surface area contributed by atoms with Crippen molar-refractivity contribution in [3.8, 4) is 11.5 Å². The Morgan fingerprint density at radius 3 is 2.46 bits per heavy atom. The van der Waals surface area contributed by atoms with Gasteiger partial charge in [-0.05, 0) is 49.4 Å². The molecule has 0 unspecified atom stereocenters. The van der Waals surface area contributed by atoms with Crippen LogP contribution in [0.4, 0.5) is 0 Å². The highest BCUT2D eigenvalue weighted by Gasteiger charge is 2.19. The molecule has 0 aliphatic heterocycles. The molecule has 7 nitrogen and oxygen atoms in total. The fraction of sp³-hybridized carbons (Fsp3) is 0.263. The number of nitrogens with zero attached hydrogens (tertiary/aromatic N) is 2. The molecule has 1 amide bonds. The number of fused-ring (bicyclic) bond motifs is 1. The molecule has 0 aliphatic carbocycles. The fourth-order valence-electron chi connectivity index (χ4n) is 2.65. The summed E-state index contributed by atoms with van der Waals surface area (Å²) in [5.74, 6) is -0.142. The van der Waals surface area contributed by atoms with E-state index in [1.54, 1.807) is 11.6 Å². The van der Waals surface area contributed by atoms with E-state index in [2.05, 4.69) is 4.99 Å².